The van der Waals surface area contributed by atoms with Gasteiger partial charge in [0.1, 0.15) is 5.82 Å². The molecule has 0 aliphatic heterocycles. The monoisotopic (exact) mass is 388 g/mol. The molecule has 0 unspecified atom stereocenters. The van der Waals surface area contributed by atoms with E-state index in [2.05, 4.69) is 52.6 Å². The molecule has 0 aliphatic carbocycles. The summed E-state index contributed by atoms with van der Waals surface area (Å²) in [6.07, 6.45) is 7.68. The van der Waals surface area contributed by atoms with E-state index >= 15 is 0 Å². The molecular weight excluding hydrogens is 360 g/mol. The third-order valence-corrected chi connectivity index (χ3v) is 5.20. The van der Waals surface area contributed by atoms with Crippen molar-refractivity contribution in [2.45, 2.75) is 33.1 Å². The zero-order valence-corrected chi connectivity index (χ0v) is 17.3. The van der Waals surface area contributed by atoms with Gasteiger partial charge in [-0.2, -0.15) is 0 Å². The van der Waals surface area contributed by atoms with E-state index in [0.717, 1.165) is 36.2 Å². The number of hydrogen-bond donors (Lipinski definition) is 2. The Morgan fingerprint density at radius 2 is 1.72 bits per heavy atom. The molecule has 0 aliphatic rings. The second-order valence-corrected chi connectivity index (χ2v) is 7.21. The lowest BCUT2D eigenvalue weighted by atomic mass is 9.96. The SMILES string of the molecule is CNc1ncc(C(=O)NCCc2ccncc2)cc1CCc1c(C)cccc1C. The van der Waals surface area contributed by atoms with Gasteiger partial charge < -0.3 is 10.6 Å². The number of anilines is 1. The van der Waals surface area contributed by atoms with Gasteiger partial charge in [0.05, 0.1) is 5.56 Å². The molecule has 0 spiro atoms. The van der Waals surface area contributed by atoms with Crippen LogP contribution in [-0.4, -0.2) is 29.5 Å². The predicted octanol–water partition coefficient (Wildman–Crippen LogP) is 3.89. The number of pyridine rings is 2. The maximum atomic E-state index is 12.6. The summed E-state index contributed by atoms with van der Waals surface area (Å²) in [5.41, 5.74) is 6.76. The van der Waals surface area contributed by atoms with Crippen molar-refractivity contribution in [2.75, 3.05) is 18.9 Å². The lowest BCUT2D eigenvalue weighted by Gasteiger charge is -2.13. The van der Waals surface area contributed by atoms with Gasteiger partial charge in [0.2, 0.25) is 0 Å². The highest BCUT2D eigenvalue weighted by atomic mass is 16.1. The summed E-state index contributed by atoms with van der Waals surface area (Å²) in [6, 6.07) is 12.3. The van der Waals surface area contributed by atoms with Gasteiger partial charge in [-0.1, -0.05) is 18.2 Å². The van der Waals surface area contributed by atoms with Gasteiger partial charge in [-0.25, -0.2) is 4.98 Å². The van der Waals surface area contributed by atoms with E-state index in [1.165, 1.54) is 16.7 Å². The topological polar surface area (TPSA) is 66.9 Å². The molecule has 29 heavy (non-hydrogen) atoms. The summed E-state index contributed by atoms with van der Waals surface area (Å²) < 4.78 is 0. The quantitative estimate of drug-likeness (QED) is 0.614. The fourth-order valence-electron chi connectivity index (χ4n) is 3.53. The molecule has 0 fully saturated rings. The van der Waals surface area contributed by atoms with E-state index in [9.17, 15) is 4.79 Å². The molecule has 0 saturated carbocycles. The van der Waals surface area contributed by atoms with E-state index < -0.39 is 0 Å². The van der Waals surface area contributed by atoms with Crippen molar-refractivity contribution < 1.29 is 4.79 Å². The van der Waals surface area contributed by atoms with Gasteiger partial charge in [0, 0.05) is 32.2 Å². The number of nitrogens with one attached hydrogen (secondary N) is 2. The molecule has 0 bridgehead atoms. The average Bonchev–Trinajstić information content (AvgIpc) is 2.74. The highest BCUT2D eigenvalue weighted by molar-refractivity contribution is 5.94. The Kier molecular flexibility index (Phi) is 6.95. The maximum Gasteiger partial charge on any atom is 0.252 e. The van der Waals surface area contributed by atoms with Gasteiger partial charge in [-0.05, 0) is 79.1 Å². The van der Waals surface area contributed by atoms with E-state index in [-0.39, 0.29) is 5.91 Å². The summed E-state index contributed by atoms with van der Waals surface area (Å²) in [5, 5.41) is 6.13. The Bertz CT molecular complexity index is 950. The molecule has 1 amide bonds. The number of carbonyl (C=O) groups is 1. The van der Waals surface area contributed by atoms with E-state index in [1.807, 2.05) is 25.2 Å². The normalized spacial score (nSPS) is 10.6. The number of nitrogens with zero attached hydrogens (tertiary/aromatic N) is 2. The first kappa shape index (κ1) is 20.5. The summed E-state index contributed by atoms with van der Waals surface area (Å²) in [7, 11) is 1.86. The number of rotatable bonds is 8. The minimum atomic E-state index is -0.0949. The fourth-order valence-corrected chi connectivity index (χ4v) is 3.53. The van der Waals surface area contributed by atoms with Crippen LogP contribution in [0.5, 0.6) is 0 Å². The minimum absolute atomic E-state index is 0.0949. The van der Waals surface area contributed by atoms with E-state index in [4.69, 9.17) is 0 Å². The van der Waals surface area contributed by atoms with Crippen LogP contribution in [0.25, 0.3) is 0 Å². The molecule has 3 aromatic rings. The highest BCUT2D eigenvalue weighted by Gasteiger charge is 2.12. The number of benzene rings is 1. The van der Waals surface area contributed by atoms with Crippen LogP contribution in [0, 0.1) is 13.8 Å². The van der Waals surface area contributed by atoms with Crippen molar-refractivity contribution in [3.8, 4) is 0 Å². The van der Waals surface area contributed by atoms with Crippen molar-refractivity contribution in [3.05, 3.63) is 88.4 Å². The number of aryl methyl sites for hydroxylation is 3. The second-order valence-electron chi connectivity index (χ2n) is 7.21. The second kappa shape index (κ2) is 9.82. The average molecular weight is 389 g/mol. The van der Waals surface area contributed by atoms with Crippen molar-refractivity contribution in [1.82, 2.24) is 15.3 Å². The third-order valence-electron chi connectivity index (χ3n) is 5.20. The molecule has 0 saturated heterocycles. The van der Waals surface area contributed by atoms with Crippen molar-refractivity contribution in [3.63, 3.8) is 0 Å². The van der Waals surface area contributed by atoms with Crippen molar-refractivity contribution in [2.24, 2.45) is 0 Å². The Labute approximate surface area is 172 Å². The molecule has 0 atom stereocenters. The van der Waals surface area contributed by atoms with Crippen LogP contribution in [0.1, 0.15) is 38.2 Å². The van der Waals surface area contributed by atoms with Crippen LogP contribution in [0.3, 0.4) is 0 Å². The smallest absolute Gasteiger partial charge is 0.252 e. The molecule has 2 heterocycles. The van der Waals surface area contributed by atoms with Gasteiger partial charge in [0.15, 0.2) is 0 Å². The molecule has 3 rings (SSSR count). The number of aromatic nitrogens is 2. The Morgan fingerprint density at radius 3 is 2.41 bits per heavy atom. The summed E-state index contributed by atoms with van der Waals surface area (Å²) >= 11 is 0. The van der Waals surface area contributed by atoms with Crippen LogP contribution in [0.15, 0.2) is 55.0 Å². The zero-order valence-electron chi connectivity index (χ0n) is 17.3. The Balaban J connectivity index is 1.67. The fraction of sp³-hybridized carbons (Fsp3) is 0.292. The molecule has 5 heteroatoms. The lowest BCUT2D eigenvalue weighted by Crippen LogP contribution is -2.26. The van der Waals surface area contributed by atoms with Gasteiger partial charge in [-0.3, -0.25) is 9.78 Å². The number of amides is 1. The molecular formula is C24H28N4O. The van der Waals surface area contributed by atoms with Gasteiger partial charge in [-0.15, -0.1) is 0 Å². The standard InChI is InChI=1S/C24H28N4O/c1-17-5-4-6-18(2)22(17)8-7-20-15-21(16-28-23(20)25-3)24(29)27-14-11-19-9-12-26-13-10-19/h4-6,9-10,12-13,15-16H,7-8,11,14H2,1-3H3,(H,25,28)(H,27,29). The molecule has 0 radical (unpaired) electrons. The largest absolute Gasteiger partial charge is 0.373 e. The summed E-state index contributed by atoms with van der Waals surface area (Å²) in [4.78, 5) is 21.1. The van der Waals surface area contributed by atoms with E-state index in [1.54, 1.807) is 18.6 Å². The molecule has 1 aromatic carbocycles. The van der Waals surface area contributed by atoms with Crippen LogP contribution in [0.4, 0.5) is 5.82 Å². The predicted molar refractivity (Wildman–Crippen MR) is 117 cm³/mol. The number of carbonyl (C=O) groups excluding carboxylic acids is 1. The lowest BCUT2D eigenvalue weighted by molar-refractivity contribution is 0.0953. The van der Waals surface area contributed by atoms with Gasteiger partial charge in [0.25, 0.3) is 5.91 Å². The molecule has 5 nitrogen and oxygen atoms in total. The molecule has 2 N–H and O–H groups in total. The van der Waals surface area contributed by atoms with Gasteiger partial charge >= 0.3 is 0 Å². The molecule has 2 aromatic heterocycles. The van der Waals surface area contributed by atoms with Crippen LogP contribution < -0.4 is 10.6 Å². The first-order valence-corrected chi connectivity index (χ1v) is 9.97. The van der Waals surface area contributed by atoms with Crippen molar-refractivity contribution in [1.29, 1.82) is 0 Å². The van der Waals surface area contributed by atoms with Crippen LogP contribution in [-0.2, 0) is 19.3 Å². The van der Waals surface area contributed by atoms with Crippen LogP contribution in [0.2, 0.25) is 0 Å². The summed E-state index contributed by atoms with van der Waals surface area (Å²) in [5.74, 6) is 0.729. The summed E-state index contributed by atoms with van der Waals surface area (Å²) in [6.45, 7) is 4.87. The zero-order chi connectivity index (χ0) is 20.6. The first-order valence-electron chi connectivity index (χ1n) is 9.97. The first-order chi connectivity index (χ1) is 14.1. The maximum absolute atomic E-state index is 12.6. The Hall–Kier alpha value is -3.21. The van der Waals surface area contributed by atoms with Crippen LogP contribution >= 0.6 is 0 Å². The van der Waals surface area contributed by atoms with Crippen molar-refractivity contribution >= 4 is 11.7 Å². The van der Waals surface area contributed by atoms with E-state index in [0.29, 0.717) is 12.1 Å². The minimum Gasteiger partial charge on any atom is -0.373 e. The third kappa shape index (κ3) is 5.41. The Morgan fingerprint density at radius 1 is 1.00 bits per heavy atom. The molecule has 150 valence electrons. The number of hydrogen-bond acceptors (Lipinski definition) is 4. The highest BCUT2D eigenvalue weighted by Crippen LogP contribution is 2.20.